The number of hydrogen-bond acceptors (Lipinski definition) is 7. The van der Waals surface area contributed by atoms with Gasteiger partial charge in [0, 0.05) is 13.1 Å². The molecule has 10 heteroatoms. The molecule has 0 aliphatic rings. The van der Waals surface area contributed by atoms with Crippen LogP contribution < -0.4 is 14.8 Å². The van der Waals surface area contributed by atoms with Gasteiger partial charge in [-0.2, -0.15) is 0 Å². The predicted molar refractivity (Wildman–Crippen MR) is 118 cm³/mol. The van der Waals surface area contributed by atoms with Gasteiger partial charge in [-0.05, 0) is 35.4 Å². The molecule has 2 aromatic carbocycles. The molecule has 0 atom stereocenters. The number of ether oxygens (including phenoxy) is 3. The van der Waals surface area contributed by atoms with Gasteiger partial charge in [0.05, 0.1) is 31.4 Å². The van der Waals surface area contributed by atoms with Crippen molar-refractivity contribution in [2.75, 3.05) is 20.8 Å². The lowest BCUT2D eigenvalue weighted by Crippen LogP contribution is -2.33. The number of benzene rings is 2. The minimum absolute atomic E-state index is 0.0311. The van der Waals surface area contributed by atoms with Crippen LogP contribution >= 0.6 is 0 Å². The molecule has 33 heavy (non-hydrogen) atoms. The summed E-state index contributed by atoms with van der Waals surface area (Å²) in [6, 6.07) is 15.0. The summed E-state index contributed by atoms with van der Waals surface area (Å²) in [5, 5.41) is 13.7. The van der Waals surface area contributed by atoms with Crippen LogP contribution in [0.25, 0.3) is 0 Å². The molecule has 1 heterocycles. The Morgan fingerprint density at radius 3 is 1.94 bits per heavy atom. The van der Waals surface area contributed by atoms with Crippen LogP contribution in [-0.4, -0.2) is 42.2 Å². The van der Waals surface area contributed by atoms with Gasteiger partial charge in [0.25, 0.3) is 11.6 Å². The third kappa shape index (κ3) is 5.67. The lowest BCUT2D eigenvalue weighted by atomic mass is 9.98. The number of nitrogens with zero attached hydrogens (tertiary/aromatic N) is 2. The van der Waals surface area contributed by atoms with Crippen molar-refractivity contribution >= 4 is 17.6 Å². The molecule has 0 saturated carbocycles. The van der Waals surface area contributed by atoms with Gasteiger partial charge in [-0.15, -0.1) is 0 Å². The van der Waals surface area contributed by atoms with Gasteiger partial charge in [0.1, 0.15) is 17.2 Å². The molecule has 3 rings (SSSR count). The number of hydrogen-bond donors (Lipinski definition) is 1. The van der Waals surface area contributed by atoms with E-state index >= 15 is 0 Å². The summed E-state index contributed by atoms with van der Waals surface area (Å²) >= 11 is 0. The van der Waals surface area contributed by atoms with Crippen LogP contribution in [0.15, 0.2) is 60.8 Å². The first-order chi connectivity index (χ1) is 15.8. The Kier molecular flexibility index (Phi) is 7.29. The van der Waals surface area contributed by atoms with Crippen LogP contribution in [0.5, 0.6) is 11.5 Å². The Morgan fingerprint density at radius 2 is 1.52 bits per heavy atom. The van der Waals surface area contributed by atoms with Crippen molar-refractivity contribution in [3.05, 3.63) is 87.7 Å². The number of methoxy groups -OCH3 is 2. The normalized spacial score (nSPS) is 10.5. The van der Waals surface area contributed by atoms with Gasteiger partial charge >= 0.3 is 5.97 Å². The first-order valence-electron chi connectivity index (χ1n) is 9.87. The molecule has 0 saturated heterocycles. The number of rotatable bonds is 9. The molecule has 1 amide bonds. The second-order valence-corrected chi connectivity index (χ2v) is 7.07. The van der Waals surface area contributed by atoms with Gasteiger partial charge in [-0.3, -0.25) is 14.9 Å². The molecule has 0 spiro atoms. The summed E-state index contributed by atoms with van der Waals surface area (Å²) in [7, 11) is 4.61. The summed E-state index contributed by atoms with van der Waals surface area (Å²) in [6.45, 7) is -0.555. The van der Waals surface area contributed by atoms with Gasteiger partial charge in [-0.1, -0.05) is 24.3 Å². The van der Waals surface area contributed by atoms with Crippen LogP contribution in [0.4, 0.5) is 5.69 Å². The second kappa shape index (κ2) is 10.3. The maximum Gasteiger partial charge on any atom is 0.355 e. The lowest BCUT2D eigenvalue weighted by Gasteiger charge is -2.20. The summed E-state index contributed by atoms with van der Waals surface area (Å²) in [5.41, 5.74) is 1.31. The number of carbonyl (C=O) groups excluding carboxylic acids is 2. The van der Waals surface area contributed by atoms with Crippen LogP contribution in [0.3, 0.4) is 0 Å². The molecule has 0 aliphatic carbocycles. The molecule has 3 aromatic rings. The predicted octanol–water partition coefficient (Wildman–Crippen LogP) is 3.01. The van der Waals surface area contributed by atoms with Crippen molar-refractivity contribution in [3.8, 4) is 11.5 Å². The molecule has 0 bridgehead atoms. The SMILES string of the molecule is COc1ccc(C(NC(=O)COC(=O)c2cc([N+](=O)[O-])cn2C)c2ccc(OC)cc2)cc1. The Labute approximate surface area is 189 Å². The second-order valence-electron chi connectivity index (χ2n) is 7.07. The zero-order chi connectivity index (χ0) is 24.0. The van der Waals surface area contributed by atoms with Crippen LogP contribution in [0.2, 0.25) is 0 Å². The fourth-order valence-corrected chi connectivity index (χ4v) is 3.21. The molecule has 0 aliphatic heterocycles. The number of aromatic nitrogens is 1. The van der Waals surface area contributed by atoms with E-state index in [1.54, 1.807) is 38.5 Å². The number of carbonyl (C=O) groups is 2. The summed E-state index contributed by atoms with van der Waals surface area (Å²) in [6.07, 6.45) is 1.19. The third-order valence-corrected chi connectivity index (χ3v) is 4.95. The largest absolute Gasteiger partial charge is 0.497 e. The molecule has 10 nitrogen and oxygen atoms in total. The first-order valence-corrected chi connectivity index (χ1v) is 9.87. The smallest absolute Gasteiger partial charge is 0.355 e. The molecule has 1 N–H and O–H groups in total. The lowest BCUT2D eigenvalue weighted by molar-refractivity contribution is -0.384. The Bertz CT molecular complexity index is 1090. The average Bonchev–Trinajstić information content (AvgIpc) is 3.23. The van der Waals surface area contributed by atoms with E-state index in [4.69, 9.17) is 14.2 Å². The first kappa shape index (κ1) is 23.3. The van der Waals surface area contributed by atoms with Crippen molar-refractivity contribution in [1.29, 1.82) is 0 Å². The van der Waals surface area contributed by atoms with Crippen molar-refractivity contribution in [2.24, 2.45) is 7.05 Å². The van der Waals surface area contributed by atoms with Gasteiger partial charge in [0.2, 0.25) is 0 Å². The number of amides is 1. The fourth-order valence-electron chi connectivity index (χ4n) is 3.21. The molecule has 1 aromatic heterocycles. The standard InChI is InChI=1S/C23H23N3O7/c1-25-13-17(26(29)30)12-20(25)23(28)33-14-21(27)24-22(15-4-8-18(31-2)9-5-15)16-6-10-19(32-3)11-7-16/h4-13,22H,14H2,1-3H3,(H,24,27). The van der Waals surface area contributed by atoms with Crippen LogP contribution in [-0.2, 0) is 16.6 Å². The van der Waals surface area contributed by atoms with Crippen molar-refractivity contribution in [3.63, 3.8) is 0 Å². The molecule has 0 unspecified atom stereocenters. The summed E-state index contributed by atoms with van der Waals surface area (Å²) in [4.78, 5) is 35.2. The number of nitrogens with one attached hydrogen (secondary N) is 1. The number of esters is 1. The van der Waals surface area contributed by atoms with Gasteiger partial charge < -0.3 is 24.1 Å². The van der Waals surface area contributed by atoms with Crippen molar-refractivity contribution in [2.45, 2.75) is 6.04 Å². The minimum atomic E-state index is -0.841. The average molecular weight is 453 g/mol. The highest BCUT2D eigenvalue weighted by Gasteiger charge is 2.21. The third-order valence-electron chi connectivity index (χ3n) is 4.95. The molecular weight excluding hydrogens is 430 g/mol. The summed E-state index contributed by atoms with van der Waals surface area (Å²) in [5.74, 6) is -0.0387. The highest BCUT2D eigenvalue weighted by Crippen LogP contribution is 2.26. The zero-order valence-electron chi connectivity index (χ0n) is 18.3. The molecule has 0 radical (unpaired) electrons. The quantitative estimate of drug-likeness (QED) is 0.300. The molecule has 172 valence electrons. The zero-order valence-corrected chi connectivity index (χ0v) is 18.3. The van der Waals surface area contributed by atoms with E-state index in [2.05, 4.69) is 5.32 Å². The van der Waals surface area contributed by atoms with E-state index < -0.39 is 29.4 Å². The van der Waals surface area contributed by atoms with Gasteiger partial charge in [-0.25, -0.2) is 4.79 Å². The molecule has 0 fully saturated rings. The number of nitro groups is 1. The minimum Gasteiger partial charge on any atom is -0.497 e. The van der Waals surface area contributed by atoms with E-state index in [0.717, 1.165) is 17.2 Å². The van der Waals surface area contributed by atoms with Gasteiger partial charge in [0.15, 0.2) is 6.61 Å². The molecular formula is C23H23N3O7. The topological polar surface area (TPSA) is 122 Å². The highest BCUT2D eigenvalue weighted by atomic mass is 16.6. The fraction of sp³-hybridized carbons (Fsp3) is 0.217. The summed E-state index contributed by atoms with van der Waals surface area (Å²) < 4.78 is 16.7. The van der Waals surface area contributed by atoms with E-state index in [-0.39, 0.29) is 11.4 Å². The van der Waals surface area contributed by atoms with Crippen LogP contribution in [0.1, 0.15) is 27.7 Å². The van der Waals surface area contributed by atoms with Crippen LogP contribution in [0, 0.1) is 10.1 Å². The maximum atomic E-state index is 12.6. The maximum absolute atomic E-state index is 12.6. The highest BCUT2D eigenvalue weighted by molar-refractivity contribution is 5.90. The van der Waals surface area contributed by atoms with E-state index in [1.807, 2.05) is 24.3 Å². The monoisotopic (exact) mass is 453 g/mol. The van der Waals surface area contributed by atoms with E-state index in [1.165, 1.54) is 17.8 Å². The van der Waals surface area contributed by atoms with E-state index in [9.17, 15) is 19.7 Å². The van der Waals surface area contributed by atoms with E-state index in [0.29, 0.717) is 11.5 Å². The number of aryl methyl sites for hydroxylation is 1. The Balaban J connectivity index is 1.73. The van der Waals surface area contributed by atoms with Crippen molar-refractivity contribution < 1.29 is 28.7 Å². The Morgan fingerprint density at radius 1 is 1.00 bits per heavy atom. The van der Waals surface area contributed by atoms with Crippen molar-refractivity contribution in [1.82, 2.24) is 9.88 Å². The Hall–Kier alpha value is -4.34.